The zero-order valence-corrected chi connectivity index (χ0v) is 70.1. The number of benzene rings is 4. The lowest BCUT2D eigenvalue weighted by Gasteiger charge is -2.29. The van der Waals surface area contributed by atoms with E-state index in [9.17, 15) is 102 Å². The van der Waals surface area contributed by atoms with E-state index in [2.05, 4.69) is 84.4 Å². The van der Waals surface area contributed by atoms with Crippen molar-refractivity contribution < 1.29 is 107 Å². The standard InChI is InChI=1S/C84H113N19O22/c1-44(2)29-53(86)73(114)94-59(32-48-21-11-8-12-22-48)82(123)103-72(46(5)6)84(125)101-64(37-70(110)111)80(121)93-56(27-17-18-28-85)75(116)98-61(34-50-39-89-55-26-16-14-24-52(50)55)78(119)100-63(36-69(108)109)81(122)95-57(30-45(3)4)76(117)102-65(43-104)83(124)99-62(35-66(87)105)79(120)96-58(31-47-19-9-7-10-20-47)77(118)97-60(33-49-38-88-54-25-15-13-23-51(49)54)74(115)92-41-68(107)90-40-67(106)91-42-71(112)113/h7-16,19-26,38-39,44-46,53,56-65,72,88-89,104H,17-18,27-37,40-43,85-86H2,1-6H3,(H2,87,105)(H,90,107)(H,91,106)(H,92,115)(H,93,121)(H,94,114)(H,95,122)(H,96,120)(H,97,118)(H,98,116)(H,99,124)(H,100,119)(H,101,125)(H,102,117)(H,103,123)(H,108,109)(H,110,111)(H,112,113)/t53-,56-,57-,58-,59-,60-,61-,62-,63-,64-,65-,72-/m0/s1. The first-order chi connectivity index (χ1) is 59.3. The molecule has 0 aliphatic carbocycles. The summed E-state index contributed by atoms with van der Waals surface area (Å²) in [6.45, 7) is 6.76. The van der Waals surface area contributed by atoms with E-state index in [4.69, 9.17) is 22.3 Å². The Morgan fingerprint density at radius 3 is 1.17 bits per heavy atom. The number of hydrogen-bond donors (Lipinski definition) is 23. The molecule has 676 valence electrons. The van der Waals surface area contributed by atoms with Crippen molar-refractivity contribution in [3.05, 3.63) is 144 Å². The second-order valence-electron chi connectivity index (χ2n) is 31.2. The molecular formula is C84H113N19O22. The molecule has 0 saturated carbocycles. The minimum Gasteiger partial charge on any atom is -0.481 e. The van der Waals surface area contributed by atoms with Gasteiger partial charge in [-0.1, -0.05) is 139 Å². The maximum absolute atomic E-state index is 15.0. The third kappa shape index (κ3) is 33.6. The number of carboxylic acids is 3. The molecule has 26 N–H and O–H groups in total. The van der Waals surface area contributed by atoms with Crippen LogP contribution in [0.25, 0.3) is 21.8 Å². The third-order valence-electron chi connectivity index (χ3n) is 19.7. The predicted molar refractivity (Wildman–Crippen MR) is 452 cm³/mol. The number of amides is 15. The number of unbranched alkanes of at least 4 members (excludes halogenated alkanes) is 1. The number of para-hydroxylation sites is 2. The summed E-state index contributed by atoms with van der Waals surface area (Å²) in [5.41, 5.74) is 20.8. The van der Waals surface area contributed by atoms with Gasteiger partial charge in [-0.15, -0.1) is 0 Å². The van der Waals surface area contributed by atoms with E-state index in [0.29, 0.717) is 44.1 Å². The van der Waals surface area contributed by atoms with Gasteiger partial charge in [0.1, 0.15) is 73.0 Å². The van der Waals surface area contributed by atoms with Gasteiger partial charge in [-0.3, -0.25) is 86.3 Å². The number of aromatic amines is 2. The number of aromatic nitrogens is 2. The number of carbonyl (C=O) groups excluding carboxylic acids is 15. The molecule has 15 amide bonds. The SMILES string of the molecule is CC(C)C[C@H](NC(=O)[C@H](CC(=O)O)NC(=O)[C@H](Cc1c[nH]c2ccccc12)NC(=O)[C@H](CCCCN)NC(=O)[C@H](CC(=O)O)NC(=O)[C@@H](NC(=O)[C@H](Cc1ccccc1)NC(=O)[C@@H](N)CC(C)C)C(C)C)C(=O)N[C@@H](CO)C(=O)N[C@@H](CC(N)=O)C(=O)N[C@@H](Cc1ccccc1)C(=O)N[C@@H](Cc1c[nH]c2ccccc12)C(=O)NCC(=O)NCC(=O)NCC(=O)O. The van der Waals surface area contributed by atoms with Crippen molar-refractivity contribution in [2.75, 3.05) is 32.8 Å². The predicted octanol–water partition coefficient (Wildman–Crippen LogP) is -3.29. The Kier molecular flexibility index (Phi) is 40.1. The molecule has 41 heteroatoms. The molecule has 0 bridgehead atoms. The maximum atomic E-state index is 15.0. The Bertz CT molecular complexity index is 4770. The van der Waals surface area contributed by atoms with Gasteiger partial charge < -0.3 is 122 Å². The van der Waals surface area contributed by atoms with Crippen LogP contribution >= 0.6 is 0 Å². The number of carboxylic acid groups (broad SMARTS) is 3. The van der Waals surface area contributed by atoms with Crippen LogP contribution in [0.3, 0.4) is 0 Å². The number of primary amides is 1. The van der Waals surface area contributed by atoms with Crippen LogP contribution in [0.15, 0.2) is 122 Å². The van der Waals surface area contributed by atoms with E-state index in [1.807, 2.05) is 13.8 Å². The van der Waals surface area contributed by atoms with Crippen molar-refractivity contribution in [1.29, 1.82) is 0 Å². The molecule has 6 rings (SSSR count). The highest BCUT2D eigenvalue weighted by atomic mass is 16.4. The normalized spacial score (nSPS) is 14.1. The number of aliphatic hydroxyl groups excluding tert-OH is 1. The molecule has 41 nitrogen and oxygen atoms in total. The molecule has 0 aliphatic rings. The van der Waals surface area contributed by atoms with Gasteiger partial charge >= 0.3 is 17.9 Å². The molecule has 6 aromatic rings. The summed E-state index contributed by atoms with van der Waals surface area (Å²) in [4.78, 5) is 253. The maximum Gasteiger partial charge on any atom is 0.322 e. The van der Waals surface area contributed by atoms with Gasteiger partial charge in [0.05, 0.1) is 45.0 Å². The van der Waals surface area contributed by atoms with Gasteiger partial charge in [0.15, 0.2) is 0 Å². The number of carbonyl (C=O) groups is 18. The second kappa shape index (κ2) is 50.0. The van der Waals surface area contributed by atoms with Gasteiger partial charge in [-0.2, -0.15) is 0 Å². The fraction of sp³-hybridized carbons (Fsp3) is 0.452. The lowest BCUT2D eigenvalue weighted by Crippen LogP contribution is -2.62. The smallest absolute Gasteiger partial charge is 0.322 e. The zero-order valence-electron chi connectivity index (χ0n) is 70.1. The van der Waals surface area contributed by atoms with Crippen LogP contribution in [0.1, 0.15) is 115 Å². The Morgan fingerprint density at radius 1 is 0.360 bits per heavy atom. The summed E-state index contributed by atoms with van der Waals surface area (Å²) in [5.74, 6) is -21.8. The van der Waals surface area contributed by atoms with Crippen LogP contribution in [0.4, 0.5) is 0 Å². The van der Waals surface area contributed by atoms with Crippen molar-refractivity contribution in [2.24, 2.45) is 35.0 Å². The fourth-order valence-electron chi connectivity index (χ4n) is 13.3. The summed E-state index contributed by atoms with van der Waals surface area (Å²) < 4.78 is 0. The molecule has 12 atom stereocenters. The molecule has 0 radical (unpaired) electrons. The monoisotopic (exact) mass is 1740 g/mol. The summed E-state index contributed by atoms with van der Waals surface area (Å²) in [6, 6.07) is 10.3. The number of H-pyrrole nitrogens is 2. The Labute approximate surface area is 719 Å². The molecule has 2 aromatic heterocycles. The molecule has 0 aliphatic heterocycles. The minimum absolute atomic E-state index is 0.0151. The van der Waals surface area contributed by atoms with Gasteiger partial charge in [-0.05, 0) is 90.8 Å². The van der Waals surface area contributed by atoms with Crippen molar-refractivity contribution in [3.63, 3.8) is 0 Å². The Balaban J connectivity index is 1.21. The van der Waals surface area contributed by atoms with Gasteiger partial charge in [-0.25, -0.2) is 0 Å². The van der Waals surface area contributed by atoms with E-state index in [-0.39, 0.29) is 63.8 Å². The highest BCUT2D eigenvalue weighted by molar-refractivity contribution is 6.02. The molecule has 2 heterocycles. The average Bonchev–Trinajstić information content (AvgIpc) is 1.73. The first-order valence-electron chi connectivity index (χ1n) is 40.7. The zero-order chi connectivity index (χ0) is 92.1. The molecule has 125 heavy (non-hydrogen) atoms. The van der Waals surface area contributed by atoms with Crippen molar-refractivity contribution in [1.82, 2.24) is 84.4 Å². The highest BCUT2D eigenvalue weighted by Gasteiger charge is 2.40. The molecule has 0 fully saturated rings. The van der Waals surface area contributed by atoms with E-state index in [1.165, 1.54) is 6.20 Å². The van der Waals surface area contributed by atoms with Gasteiger partial charge in [0.25, 0.3) is 0 Å². The van der Waals surface area contributed by atoms with Crippen LogP contribution in [-0.2, 0) is 112 Å². The largest absolute Gasteiger partial charge is 0.481 e. The molecule has 0 saturated heterocycles. The third-order valence-corrected chi connectivity index (χ3v) is 19.7. The van der Waals surface area contributed by atoms with Crippen molar-refractivity contribution in [3.8, 4) is 0 Å². The summed E-state index contributed by atoms with van der Waals surface area (Å²) in [5, 5.41) is 75.1. The molecular weight excluding hydrogens is 1630 g/mol. The van der Waals surface area contributed by atoms with E-state index < -0.39 is 243 Å². The summed E-state index contributed by atoms with van der Waals surface area (Å²) in [6.07, 6.45) is -0.988. The quantitative estimate of drug-likeness (QED) is 0.0166. The van der Waals surface area contributed by atoms with Crippen LogP contribution < -0.4 is 91.6 Å². The Hall–Kier alpha value is -13.7. The number of rotatable bonds is 53. The topological polar surface area (TPSA) is 666 Å². The van der Waals surface area contributed by atoms with Crippen molar-refractivity contribution >= 4 is 128 Å². The summed E-state index contributed by atoms with van der Waals surface area (Å²) >= 11 is 0. The van der Waals surface area contributed by atoms with E-state index >= 15 is 0 Å². The minimum atomic E-state index is -2.09. The highest BCUT2D eigenvalue weighted by Crippen LogP contribution is 2.23. The molecule has 0 unspecified atom stereocenters. The average molecular weight is 1740 g/mol. The lowest BCUT2D eigenvalue weighted by atomic mass is 9.99. The first-order valence-corrected chi connectivity index (χ1v) is 40.7. The van der Waals surface area contributed by atoms with Crippen molar-refractivity contribution in [2.45, 2.75) is 191 Å². The number of hydrogen-bond acceptors (Lipinski definition) is 21. The fourth-order valence-corrected chi connectivity index (χ4v) is 13.3. The number of nitrogens with one attached hydrogen (secondary N) is 16. The van der Waals surface area contributed by atoms with Crippen LogP contribution in [-0.4, -0.2) is 242 Å². The van der Waals surface area contributed by atoms with E-state index in [0.717, 1.165) is 0 Å². The van der Waals surface area contributed by atoms with E-state index in [1.54, 1.807) is 143 Å². The number of fused-ring (bicyclic) bond motifs is 2. The Morgan fingerprint density at radius 2 is 0.720 bits per heavy atom. The molecule has 4 aromatic carbocycles. The number of aliphatic hydroxyl groups is 1. The molecule has 0 spiro atoms. The van der Waals surface area contributed by atoms with Crippen LogP contribution in [0, 0.1) is 17.8 Å². The van der Waals surface area contributed by atoms with Crippen LogP contribution in [0.5, 0.6) is 0 Å². The lowest BCUT2D eigenvalue weighted by molar-refractivity contribution is -0.142. The second-order valence-corrected chi connectivity index (χ2v) is 31.2. The first kappa shape index (κ1) is 100. The van der Waals surface area contributed by atoms with Gasteiger partial charge in [0.2, 0.25) is 88.6 Å². The van der Waals surface area contributed by atoms with Gasteiger partial charge in [0, 0.05) is 59.9 Å². The van der Waals surface area contributed by atoms with Crippen LogP contribution in [0.2, 0.25) is 0 Å². The summed E-state index contributed by atoms with van der Waals surface area (Å²) in [7, 11) is 0. The number of aliphatic carboxylic acids is 3. The number of nitrogens with two attached hydrogens (primary N) is 3.